The molecule has 33 heavy (non-hydrogen) atoms. The number of rotatable bonds is 5. The molecular formula is C25H21ClN2O5. The Labute approximate surface area is 195 Å². The monoisotopic (exact) mass is 464 g/mol. The first-order chi connectivity index (χ1) is 15.8. The molecule has 0 spiro atoms. The lowest BCUT2D eigenvalue weighted by Gasteiger charge is -2.17. The maximum Gasteiger partial charge on any atom is 0.338 e. The van der Waals surface area contributed by atoms with Crippen LogP contribution in [0.1, 0.15) is 22.3 Å². The summed E-state index contributed by atoms with van der Waals surface area (Å²) in [5.74, 6) is -1.81. The molecule has 1 saturated heterocycles. The van der Waals surface area contributed by atoms with Crippen molar-refractivity contribution in [2.24, 2.45) is 23.7 Å². The van der Waals surface area contributed by atoms with Crippen LogP contribution in [0.3, 0.4) is 0 Å². The zero-order valence-electron chi connectivity index (χ0n) is 17.8. The summed E-state index contributed by atoms with van der Waals surface area (Å²) in [6, 6.07) is 11.2. The molecule has 7 nitrogen and oxygen atoms in total. The van der Waals surface area contributed by atoms with E-state index in [1.165, 1.54) is 17.0 Å². The first-order valence-electron chi connectivity index (χ1n) is 10.7. The van der Waals surface area contributed by atoms with Crippen LogP contribution in [0.25, 0.3) is 0 Å². The third kappa shape index (κ3) is 3.62. The topological polar surface area (TPSA) is 92.8 Å². The lowest BCUT2D eigenvalue weighted by Crippen LogP contribution is -2.32. The molecule has 2 fully saturated rings. The molecular weight excluding hydrogens is 444 g/mol. The van der Waals surface area contributed by atoms with Gasteiger partial charge in [0.1, 0.15) is 0 Å². The van der Waals surface area contributed by atoms with Gasteiger partial charge in [0, 0.05) is 10.7 Å². The quantitative estimate of drug-likeness (QED) is 0.413. The first kappa shape index (κ1) is 21.4. The summed E-state index contributed by atoms with van der Waals surface area (Å²) in [6.07, 6.45) is 4.96. The van der Waals surface area contributed by atoms with E-state index in [2.05, 4.69) is 5.32 Å². The molecule has 2 aliphatic carbocycles. The SMILES string of the molecule is Cc1c(Cl)cccc1NC(=O)COC(=O)c1ccc(N2C(=O)[C@@H]3[C@H](C2=O)[C@H]2C=C[C@H]3C2)cc1. The largest absolute Gasteiger partial charge is 0.452 e. The summed E-state index contributed by atoms with van der Waals surface area (Å²) < 4.78 is 5.10. The van der Waals surface area contributed by atoms with Crippen LogP contribution in [0, 0.1) is 30.6 Å². The number of hydrogen-bond acceptors (Lipinski definition) is 5. The van der Waals surface area contributed by atoms with Gasteiger partial charge in [-0.25, -0.2) is 4.79 Å². The Morgan fingerprint density at radius 3 is 2.30 bits per heavy atom. The molecule has 0 unspecified atom stereocenters. The fourth-order valence-corrected chi connectivity index (χ4v) is 5.22. The standard InChI is InChI=1S/C25H21ClN2O5/c1-13-18(26)3-2-4-19(13)27-20(29)12-33-25(32)14-7-9-17(10-8-14)28-23(30)21-15-5-6-16(11-15)22(21)24(28)31/h2-10,15-16,21-22H,11-12H2,1H3,(H,27,29)/t15-,16-,21-,22+/m0/s1. The van der Waals surface area contributed by atoms with Gasteiger partial charge in [0.25, 0.3) is 5.91 Å². The molecule has 1 heterocycles. The minimum absolute atomic E-state index is 0.137. The maximum absolute atomic E-state index is 12.9. The number of nitrogens with zero attached hydrogens (tertiary/aromatic N) is 1. The molecule has 0 aromatic heterocycles. The van der Waals surface area contributed by atoms with E-state index in [-0.39, 0.29) is 41.0 Å². The Morgan fingerprint density at radius 2 is 1.67 bits per heavy atom. The second kappa shape index (κ2) is 8.15. The number of carbonyl (C=O) groups excluding carboxylic acids is 4. The Kier molecular flexibility index (Phi) is 5.29. The van der Waals surface area contributed by atoms with Gasteiger partial charge in [0.2, 0.25) is 11.8 Å². The van der Waals surface area contributed by atoms with Crippen LogP contribution in [-0.2, 0) is 19.1 Å². The van der Waals surface area contributed by atoms with Gasteiger partial charge >= 0.3 is 5.97 Å². The van der Waals surface area contributed by atoms with Crippen molar-refractivity contribution < 1.29 is 23.9 Å². The number of anilines is 2. The molecule has 3 aliphatic rings. The third-order valence-electron chi connectivity index (χ3n) is 6.71. The predicted octanol–water partition coefficient (Wildman–Crippen LogP) is 3.76. The minimum Gasteiger partial charge on any atom is -0.452 e. The summed E-state index contributed by atoms with van der Waals surface area (Å²) in [4.78, 5) is 51.6. The van der Waals surface area contributed by atoms with Crippen molar-refractivity contribution in [3.63, 3.8) is 0 Å². The second-order valence-corrected chi connectivity index (χ2v) is 9.00. The van der Waals surface area contributed by atoms with E-state index >= 15 is 0 Å². The lowest BCUT2D eigenvalue weighted by molar-refractivity contribution is -0.123. The van der Waals surface area contributed by atoms with Gasteiger partial charge in [-0.2, -0.15) is 0 Å². The van der Waals surface area contributed by atoms with Crippen molar-refractivity contribution >= 4 is 46.7 Å². The number of benzene rings is 2. The van der Waals surface area contributed by atoms with Crippen LogP contribution >= 0.6 is 11.6 Å². The summed E-state index contributed by atoms with van der Waals surface area (Å²) in [7, 11) is 0. The third-order valence-corrected chi connectivity index (χ3v) is 7.12. The van der Waals surface area contributed by atoms with Crippen LogP contribution < -0.4 is 10.2 Å². The normalized spacial score (nSPS) is 24.8. The van der Waals surface area contributed by atoms with E-state index in [1.807, 2.05) is 12.2 Å². The first-order valence-corrected chi connectivity index (χ1v) is 11.1. The van der Waals surface area contributed by atoms with Gasteiger partial charge in [-0.1, -0.05) is 29.8 Å². The molecule has 3 amide bonds. The number of fused-ring (bicyclic) bond motifs is 5. The van der Waals surface area contributed by atoms with Crippen molar-refractivity contribution in [2.45, 2.75) is 13.3 Å². The number of amides is 3. The highest BCUT2D eigenvalue weighted by atomic mass is 35.5. The van der Waals surface area contributed by atoms with E-state index in [4.69, 9.17) is 16.3 Å². The summed E-state index contributed by atoms with van der Waals surface area (Å²) in [5, 5.41) is 3.18. The van der Waals surface area contributed by atoms with Crippen LogP contribution in [0.5, 0.6) is 0 Å². The van der Waals surface area contributed by atoms with Crippen molar-refractivity contribution in [3.05, 3.63) is 70.8 Å². The molecule has 1 saturated carbocycles. The van der Waals surface area contributed by atoms with Crippen molar-refractivity contribution in [3.8, 4) is 0 Å². The van der Waals surface area contributed by atoms with Crippen LogP contribution in [0.15, 0.2) is 54.6 Å². The number of halogens is 1. The Hall–Kier alpha value is -3.45. The summed E-state index contributed by atoms with van der Waals surface area (Å²) in [6.45, 7) is 1.31. The number of esters is 1. The number of imide groups is 1. The highest BCUT2D eigenvalue weighted by Crippen LogP contribution is 2.53. The van der Waals surface area contributed by atoms with E-state index in [0.717, 1.165) is 6.42 Å². The summed E-state index contributed by atoms with van der Waals surface area (Å²) in [5.41, 5.74) is 1.91. The number of allylic oxidation sites excluding steroid dienone is 2. The molecule has 4 atom stereocenters. The molecule has 0 radical (unpaired) electrons. The number of carbonyl (C=O) groups is 4. The average molecular weight is 465 g/mol. The zero-order valence-corrected chi connectivity index (χ0v) is 18.5. The molecule has 1 aliphatic heterocycles. The zero-order chi connectivity index (χ0) is 23.3. The fraction of sp³-hybridized carbons (Fsp3) is 0.280. The van der Waals surface area contributed by atoms with Gasteiger partial charge in [0.05, 0.1) is 23.1 Å². The molecule has 8 heteroatoms. The molecule has 1 N–H and O–H groups in total. The second-order valence-electron chi connectivity index (χ2n) is 8.60. The van der Waals surface area contributed by atoms with Crippen molar-refractivity contribution in [1.29, 1.82) is 0 Å². The van der Waals surface area contributed by atoms with Gasteiger partial charge in [-0.15, -0.1) is 0 Å². The number of ether oxygens (including phenoxy) is 1. The predicted molar refractivity (Wildman–Crippen MR) is 122 cm³/mol. The van der Waals surface area contributed by atoms with E-state index < -0.39 is 18.5 Å². The van der Waals surface area contributed by atoms with Gasteiger partial charge in [0.15, 0.2) is 6.61 Å². The molecule has 2 aromatic rings. The van der Waals surface area contributed by atoms with E-state index in [0.29, 0.717) is 22.0 Å². The van der Waals surface area contributed by atoms with Crippen molar-refractivity contribution in [2.75, 3.05) is 16.8 Å². The van der Waals surface area contributed by atoms with Gasteiger partial charge in [-0.05, 0) is 67.1 Å². The van der Waals surface area contributed by atoms with Gasteiger partial charge in [-0.3, -0.25) is 19.3 Å². The smallest absolute Gasteiger partial charge is 0.338 e. The highest BCUT2D eigenvalue weighted by Gasteiger charge is 2.59. The van der Waals surface area contributed by atoms with E-state index in [9.17, 15) is 19.2 Å². The summed E-state index contributed by atoms with van der Waals surface area (Å²) >= 11 is 6.04. The molecule has 2 aromatic carbocycles. The maximum atomic E-state index is 12.9. The minimum atomic E-state index is -0.683. The lowest BCUT2D eigenvalue weighted by atomic mass is 9.85. The van der Waals surface area contributed by atoms with Gasteiger partial charge < -0.3 is 10.1 Å². The Balaban J connectivity index is 1.21. The molecule has 168 valence electrons. The molecule has 5 rings (SSSR count). The number of nitrogens with one attached hydrogen (secondary N) is 1. The van der Waals surface area contributed by atoms with Crippen molar-refractivity contribution in [1.82, 2.24) is 0 Å². The molecule has 2 bridgehead atoms. The van der Waals surface area contributed by atoms with Crippen LogP contribution in [0.2, 0.25) is 5.02 Å². The number of hydrogen-bond donors (Lipinski definition) is 1. The highest BCUT2D eigenvalue weighted by molar-refractivity contribution is 6.31. The fourth-order valence-electron chi connectivity index (χ4n) is 5.05. The van der Waals surface area contributed by atoms with Crippen LogP contribution in [0.4, 0.5) is 11.4 Å². The van der Waals surface area contributed by atoms with E-state index in [1.54, 1.807) is 37.3 Å². The average Bonchev–Trinajstić information content (AvgIpc) is 3.49. The van der Waals surface area contributed by atoms with Crippen LogP contribution in [-0.4, -0.2) is 30.3 Å². The Bertz CT molecular complexity index is 1180. The Morgan fingerprint density at radius 1 is 1.03 bits per heavy atom.